The summed E-state index contributed by atoms with van der Waals surface area (Å²) in [5.74, 6) is 1.85. The lowest BCUT2D eigenvalue weighted by Gasteiger charge is -2.06. The molecule has 0 aliphatic rings. The third kappa shape index (κ3) is 2.68. The highest BCUT2D eigenvalue weighted by atomic mass is 79.9. The first-order valence-corrected chi connectivity index (χ1v) is 7.49. The Kier molecular flexibility index (Phi) is 4.30. The van der Waals surface area contributed by atoms with Gasteiger partial charge in [-0.1, -0.05) is 28.9 Å². The third-order valence-corrected chi connectivity index (χ3v) is 4.20. The number of benzene rings is 1. The zero-order valence-electron chi connectivity index (χ0n) is 11.7. The molecule has 102 valence electrons. The van der Waals surface area contributed by atoms with Gasteiger partial charge in [0.1, 0.15) is 17.3 Å². The smallest absolute Gasteiger partial charge is 0.131 e. The number of rotatable bonds is 4. The van der Waals surface area contributed by atoms with Crippen LogP contribution in [0.3, 0.4) is 0 Å². The van der Waals surface area contributed by atoms with Crippen molar-refractivity contribution in [1.29, 1.82) is 0 Å². The summed E-state index contributed by atoms with van der Waals surface area (Å²) in [7, 11) is 0. The predicted molar refractivity (Wildman–Crippen MR) is 84.2 cm³/mol. The highest BCUT2D eigenvalue weighted by Crippen LogP contribution is 2.29. The first-order chi connectivity index (χ1) is 9.08. The van der Waals surface area contributed by atoms with Gasteiger partial charge in [0.25, 0.3) is 0 Å². The second kappa shape index (κ2) is 5.78. The van der Waals surface area contributed by atoms with Gasteiger partial charge in [-0.3, -0.25) is 0 Å². The number of nitrogens with two attached hydrogens (primary N) is 1. The largest absolute Gasteiger partial charge is 0.383 e. The van der Waals surface area contributed by atoms with Crippen molar-refractivity contribution >= 4 is 21.7 Å². The molecular formula is C15H20BrN3. The van der Waals surface area contributed by atoms with Crippen LogP contribution in [0.2, 0.25) is 0 Å². The average Bonchev–Trinajstić information content (AvgIpc) is 2.70. The molecule has 0 amide bonds. The van der Waals surface area contributed by atoms with E-state index in [0.29, 0.717) is 0 Å². The molecule has 0 aliphatic heterocycles. The first kappa shape index (κ1) is 14.1. The summed E-state index contributed by atoms with van der Waals surface area (Å²) in [6.07, 6.45) is 2.04. The zero-order valence-corrected chi connectivity index (χ0v) is 13.3. The Morgan fingerprint density at radius 1 is 1.32 bits per heavy atom. The molecule has 4 heteroatoms. The van der Waals surface area contributed by atoms with Gasteiger partial charge in [-0.2, -0.15) is 0 Å². The van der Waals surface area contributed by atoms with Gasteiger partial charge in [-0.25, -0.2) is 4.98 Å². The minimum absolute atomic E-state index is 0.771. The summed E-state index contributed by atoms with van der Waals surface area (Å²) in [6, 6.07) is 6.23. The van der Waals surface area contributed by atoms with Gasteiger partial charge < -0.3 is 10.3 Å². The number of halogens is 1. The van der Waals surface area contributed by atoms with Crippen LogP contribution in [-0.2, 0) is 13.0 Å². The van der Waals surface area contributed by atoms with E-state index in [0.717, 1.165) is 46.8 Å². The minimum Gasteiger partial charge on any atom is -0.383 e. The molecule has 0 saturated heterocycles. The number of anilines is 1. The quantitative estimate of drug-likeness (QED) is 0.918. The van der Waals surface area contributed by atoms with Gasteiger partial charge in [-0.05, 0) is 38.0 Å². The zero-order chi connectivity index (χ0) is 14.0. The monoisotopic (exact) mass is 321 g/mol. The number of aromatic nitrogens is 2. The van der Waals surface area contributed by atoms with Gasteiger partial charge in [0.05, 0.1) is 0 Å². The SMILES string of the molecule is CCCc1nc(-c2ccc(Br)c(C)c2)c(N)n1CC. The fourth-order valence-electron chi connectivity index (χ4n) is 2.29. The van der Waals surface area contributed by atoms with Crippen molar-refractivity contribution in [3.8, 4) is 11.3 Å². The highest BCUT2D eigenvalue weighted by Gasteiger charge is 2.15. The van der Waals surface area contributed by atoms with E-state index in [1.807, 2.05) is 0 Å². The molecule has 0 spiro atoms. The lowest BCUT2D eigenvalue weighted by molar-refractivity contribution is 0.690. The summed E-state index contributed by atoms with van der Waals surface area (Å²) in [5.41, 5.74) is 9.44. The Morgan fingerprint density at radius 3 is 2.63 bits per heavy atom. The fourth-order valence-corrected chi connectivity index (χ4v) is 2.53. The van der Waals surface area contributed by atoms with Crippen molar-refractivity contribution in [2.75, 3.05) is 5.73 Å². The topological polar surface area (TPSA) is 43.8 Å². The van der Waals surface area contributed by atoms with E-state index in [4.69, 9.17) is 10.7 Å². The number of hydrogen-bond donors (Lipinski definition) is 1. The van der Waals surface area contributed by atoms with Crippen molar-refractivity contribution in [2.24, 2.45) is 0 Å². The van der Waals surface area contributed by atoms with E-state index in [1.165, 1.54) is 5.56 Å². The van der Waals surface area contributed by atoms with Crippen LogP contribution < -0.4 is 5.73 Å². The summed E-state index contributed by atoms with van der Waals surface area (Å²) >= 11 is 3.52. The summed E-state index contributed by atoms with van der Waals surface area (Å²) in [5, 5.41) is 0. The fraction of sp³-hybridized carbons (Fsp3) is 0.400. The Bertz CT molecular complexity index is 587. The van der Waals surface area contributed by atoms with Gasteiger partial charge in [0, 0.05) is 23.0 Å². The molecule has 0 radical (unpaired) electrons. The first-order valence-electron chi connectivity index (χ1n) is 6.69. The van der Waals surface area contributed by atoms with Crippen LogP contribution in [0.5, 0.6) is 0 Å². The van der Waals surface area contributed by atoms with E-state index in [2.05, 4.69) is 59.5 Å². The Morgan fingerprint density at radius 2 is 2.05 bits per heavy atom. The second-order valence-corrected chi connectivity index (χ2v) is 5.57. The molecule has 1 aromatic heterocycles. The van der Waals surface area contributed by atoms with Crippen molar-refractivity contribution in [1.82, 2.24) is 9.55 Å². The van der Waals surface area contributed by atoms with Crippen LogP contribution in [0.25, 0.3) is 11.3 Å². The van der Waals surface area contributed by atoms with Crippen LogP contribution in [0.15, 0.2) is 22.7 Å². The number of nitrogen functional groups attached to an aromatic ring is 1. The molecule has 0 unspecified atom stereocenters. The maximum atomic E-state index is 6.25. The van der Waals surface area contributed by atoms with E-state index >= 15 is 0 Å². The van der Waals surface area contributed by atoms with Gasteiger partial charge in [0.2, 0.25) is 0 Å². The van der Waals surface area contributed by atoms with Crippen LogP contribution in [0.4, 0.5) is 5.82 Å². The van der Waals surface area contributed by atoms with Crippen molar-refractivity contribution < 1.29 is 0 Å². The van der Waals surface area contributed by atoms with Crippen molar-refractivity contribution in [3.63, 3.8) is 0 Å². The molecule has 0 bridgehead atoms. The number of aryl methyl sites for hydroxylation is 2. The maximum Gasteiger partial charge on any atom is 0.131 e. The number of imidazole rings is 1. The number of nitrogens with zero attached hydrogens (tertiary/aromatic N) is 2. The lowest BCUT2D eigenvalue weighted by atomic mass is 10.1. The molecular weight excluding hydrogens is 302 g/mol. The second-order valence-electron chi connectivity index (χ2n) is 4.72. The molecule has 1 aromatic carbocycles. The van der Waals surface area contributed by atoms with Crippen LogP contribution in [0.1, 0.15) is 31.7 Å². The van der Waals surface area contributed by atoms with Gasteiger partial charge >= 0.3 is 0 Å². The molecule has 2 aromatic rings. The molecule has 19 heavy (non-hydrogen) atoms. The van der Waals surface area contributed by atoms with Crippen LogP contribution in [0, 0.1) is 6.92 Å². The van der Waals surface area contributed by atoms with E-state index in [-0.39, 0.29) is 0 Å². The Labute approximate surface area is 123 Å². The average molecular weight is 322 g/mol. The molecule has 2 N–H and O–H groups in total. The van der Waals surface area contributed by atoms with Crippen molar-refractivity contribution in [3.05, 3.63) is 34.1 Å². The Balaban J connectivity index is 2.52. The molecule has 0 fully saturated rings. The van der Waals surface area contributed by atoms with Crippen LogP contribution >= 0.6 is 15.9 Å². The molecule has 0 saturated carbocycles. The molecule has 2 rings (SSSR count). The lowest BCUT2D eigenvalue weighted by Crippen LogP contribution is -2.05. The normalized spacial score (nSPS) is 10.9. The van der Waals surface area contributed by atoms with Gasteiger partial charge in [0.15, 0.2) is 0 Å². The molecule has 0 aliphatic carbocycles. The predicted octanol–water partition coefficient (Wildman–Crippen LogP) is 4.18. The number of hydrogen-bond acceptors (Lipinski definition) is 2. The van der Waals surface area contributed by atoms with Crippen molar-refractivity contribution in [2.45, 2.75) is 40.2 Å². The highest BCUT2D eigenvalue weighted by molar-refractivity contribution is 9.10. The summed E-state index contributed by atoms with van der Waals surface area (Å²) in [4.78, 5) is 4.73. The Hall–Kier alpha value is -1.29. The maximum absolute atomic E-state index is 6.25. The minimum atomic E-state index is 0.771. The molecule has 3 nitrogen and oxygen atoms in total. The third-order valence-electron chi connectivity index (χ3n) is 3.31. The van der Waals surface area contributed by atoms with E-state index in [9.17, 15) is 0 Å². The standard InChI is InChI=1S/C15H20BrN3/c1-4-6-13-18-14(15(17)19(13)5-2)11-7-8-12(16)10(3)9-11/h7-9H,4-6,17H2,1-3H3. The molecule has 1 heterocycles. The van der Waals surface area contributed by atoms with Crippen LogP contribution in [-0.4, -0.2) is 9.55 Å². The summed E-state index contributed by atoms with van der Waals surface area (Å²) < 4.78 is 3.22. The van der Waals surface area contributed by atoms with E-state index < -0.39 is 0 Å². The van der Waals surface area contributed by atoms with Gasteiger partial charge in [-0.15, -0.1) is 0 Å². The molecule has 0 atom stereocenters. The van der Waals surface area contributed by atoms with E-state index in [1.54, 1.807) is 0 Å². The summed E-state index contributed by atoms with van der Waals surface area (Å²) in [6.45, 7) is 7.21.